The van der Waals surface area contributed by atoms with Gasteiger partial charge in [0.25, 0.3) is 0 Å². The molecule has 0 fully saturated rings. The van der Waals surface area contributed by atoms with E-state index < -0.39 is 6.10 Å². The Morgan fingerprint density at radius 3 is 2.50 bits per heavy atom. The molecule has 2 aromatic rings. The minimum Gasteiger partial charge on any atom is -0.387 e. The summed E-state index contributed by atoms with van der Waals surface area (Å²) in [5.41, 5.74) is 2.33. The fraction of sp³-hybridized carbons (Fsp3) is 0.412. The molecular weight excluding hydrogens is 266 g/mol. The van der Waals surface area contributed by atoms with Crippen molar-refractivity contribution in [2.45, 2.75) is 38.3 Å². The molecule has 0 spiro atoms. The molecule has 2 atom stereocenters. The van der Waals surface area contributed by atoms with Gasteiger partial charge in [0.2, 0.25) is 0 Å². The maximum atomic E-state index is 10.1. The fourth-order valence-corrected chi connectivity index (χ4v) is 2.95. The van der Waals surface area contributed by atoms with Gasteiger partial charge in [-0.2, -0.15) is 11.3 Å². The van der Waals surface area contributed by atoms with Crippen LogP contribution in [-0.4, -0.2) is 17.7 Å². The number of aliphatic hydroxyl groups excluding tert-OH is 1. The number of hydrogen-bond acceptors (Lipinski definition) is 3. The lowest BCUT2D eigenvalue weighted by molar-refractivity contribution is 0.165. The van der Waals surface area contributed by atoms with Gasteiger partial charge >= 0.3 is 0 Å². The largest absolute Gasteiger partial charge is 0.387 e. The lowest BCUT2D eigenvalue weighted by Gasteiger charge is -2.33. The molecule has 2 N–H and O–H groups in total. The molecule has 0 saturated carbocycles. The molecule has 0 radical (unpaired) electrons. The zero-order valence-corrected chi connectivity index (χ0v) is 13.2. The van der Waals surface area contributed by atoms with Crippen molar-refractivity contribution >= 4 is 11.3 Å². The Kier molecular flexibility index (Phi) is 4.97. The Hall–Kier alpha value is -1.16. The lowest BCUT2D eigenvalue weighted by atomic mass is 9.78. The monoisotopic (exact) mass is 289 g/mol. The molecular formula is C17H23NOS. The summed E-state index contributed by atoms with van der Waals surface area (Å²) in [6, 6.07) is 12.8. The maximum absolute atomic E-state index is 10.1. The van der Waals surface area contributed by atoms with Crippen molar-refractivity contribution in [1.82, 2.24) is 5.32 Å². The van der Waals surface area contributed by atoms with E-state index in [0.29, 0.717) is 6.54 Å². The van der Waals surface area contributed by atoms with Gasteiger partial charge in [-0.15, -0.1) is 0 Å². The standard InChI is InChI=1S/C17H23NOS/c1-13(17(2,3)15-7-5-4-6-8-15)18-11-16(19)14-9-10-20-12-14/h4-10,12-13,16,18-19H,11H2,1-3H3. The molecule has 3 heteroatoms. The van der Waals surface area contributed by atoms with Crippen LogP contribution in [0, 0.1) is 0 Å². The lowest BCUT2D eigenvalue weighted by Crippen LogP contribution is -2.44. The Morgan fingerprint density at radius 1 is 1.20 bits per heavy atom. The molecule has 108 valence electrons. The zero-order chi connectivity index (χ0) is 14.6. The van der Waals surface area contributed by atoms with Gasteiger partial charge in [0, 0.05) is 18.0 Å². The van der Waals surface area contributed by atoms with E-state index in [2.05, 4.69) is 50.4 Å². The first-order chi connectivity index (χ1) is 9.51. The summed E-state index contributed by atoms with van der Waals surface area (Å²) in [6.45, 7) is 7.22. The van der Waals surface area contributed by atoms with E-state index in [1.807, 2.05) is 22.9 Å². The second-order valence-corrected chi connectivity index (χ2v) is 6.57. The van der Waals surface area contributed by atoms with Crippen LogP contribution in [0.5, 0.6) is 0 Å². The predicted octanol–water partition coefficient (Wildman–Crippen LogP) is 3.74. The van der Waals surface area contributed by atoms with Gasteiger partial charge in [-0.3, -0.25) is 0 Å². The molecule has 2 nitrogen and oxygen atoms in total. The van der Waals surface area contributed by atoms with Crippen LogP contribution in [0.25, 0.3) is 0 Å². The molecule has 0 aliphatic carbocycles. The second kappa shape index (κ2) is 6.53. The SMILES string of the molecule is CC(NCC(O)c1ccsc1)C(C)(C)c1ccccc1. The molecule has 0 bridgehead atoms. The van der Waals surface area contributed by atoms with Crippen LogP contribution in [0.1, 0.15) is 38.0 Å². The zero-order valence-electron chi connectivity index (χ0n) is 12.3. The van der Waals surface area contributed by atoms with Crippen LogP contribution in [0.2, 0.25) is 0 Å². The maximum Gasteiger partial charge on any atom is 0.0922 e. The van der Waals surface area contributed by atoms with Gasteiger partial charge in [-0.05, 0) is 34.9 Å². The van der Waals surface area contributed by atoms with E-state index in [9.17, 15) is 5.11 Å². The molecule has 1 heterocycles. The van der Waals surface area contributed by atoms with Crippen molar-refractivity contribution in [3.8, 4) is 0 Å². The highest BCUT2D eigenvalue weighted by molar-refractivity contribution is 7.07. The fourth-order valence-electron chi connectivity index (χ4n) is 2.24. The summed E-state index contributed by atoms with van der Waals surface area (Å²) in [6.07, 6.45) is -0.435. The van der Waals surface area contributed by atoms with Gasteiger partial charge in [-0.1, -0.05) is 44.2 Å². The number of benzene rings is 1. The number of thiophene rings is 1. The third-order valence-corrected chi connectivity index (χ3v) is 4.85. The molecule has 2 rings (SSSR count). The van der Waals surface area contributed by atoms with E-state index in [4.69, 9.17) is 0 Å². The predicted molar refractivity (Wildman–Crippen MR) is 86.2 cm³/mol. The number of hydrogen-bond donors (Lipinski definition) is 2. The van der Waals surface area contributed by atoms with E-state index in [1.54, 1.807) is 11.3 Å². The molecule has 0 saturated heterocycles. The minimum absolute atomic E-state index is 0.0234. The van der Waals surface area contributed by atoms with Crippen molar-refractivity contribution in [3.63, 3.8) is 0 Å². The van der Waals surface area contributed by atoms with Crippen LogP contribution < -0.4 is 5.32 Å². The smallest absolute Gasteiger partial charge is 0.0922 e. The molecule has 0 aliphatic heterocycles. The van der Waals surface area contributed by atoms with E-state index in [-0.39, 0.29) is 11.5 Å². The first kappa shape index (κ1) is 15.2. The topological polar surface area (TPSA) is 32.3 Å². The normalized spacial score (nSPS) is 15.0. The van der Waals surface area contributed by atoms with Gasteiger partial charge in [0.1, 0.15) is 0 Å². The van der Waals surface area contributed by atoms with Crippen molar-refractivity contribution in [3.05, 3.63) is 58.3 Å². The Labute approximate surface area is 125 Å². The third-order valence-electron chi connectivity index (χ3n) is 4.15. The van der Waals surface area contributed by atoms with Crippen LogP contribution >= 0.6 is 11.3 Å². The summed E-state index contributed by atoms with van der Waals surface area (Å²) in [5, 5.41) is 17.6. The molecule has 1 aromatic heterocycles. The summed E-state index contributed by atoms with van der Waals surface area (Å²) < 4.78 is 0. The van der Waals surface area contributed by atoms with Crippen LogP contribution in [0.4, 0.5) is 0 Å². The molecule has 1 aromatic carbocycles. The first-order valence-electron chi connectivity index (χ1n) is 7.01. The highest BCUT2D eigenvalue weighted by atomic mass is 32.1. The molecule has 20 heavy (non-hydrogen) atoms. The van der Waals surface area contributed by atoms with E-state index in [1.165, 1.54) is 5.56 Å². The van der Waals surface area contributed by atoms with Crippen LogP contribution in [-0.2, 0) is 5.41 Å². The number of nitrogens with one attached hydrogen (secondary N) is 1. The average Bonchev–Trinajstić information content (AvgIpc) is 2.99. The van der Waals surface area contributed by atoms with Crippen molar-refractivity contribution < 1.29 is 5.11 Å². The third kappa shape index (κ3) is 3.48. The number of aliphatic hydroxyl groups is 1. The Morgan fingerprint density at radius 2 is 1.90 bits per heavy atom. The Balaban J connectivity index is 1.96. The van der Waals surface area contributed by atoms with Crippen LogP contribution in [0.15, 0.2) is 47.2 Å². The molecule has 2 unspecified atom stereocenters. The van der Waals surface area contributed by atoms with Crippen LogP contribution in [0.3, 0.4) is 0 Å². The molecule has 0 amide bonds. The van der Waals surface area contributed by atoms with E-state index in [0.717, 1.165) is 5.56 Å². The highest BCUT2D eigenvalue weighted by Gasteiger charge is 2.27. The highest BCUT2D eigenvalue weighted by Crippen LogP contribution is 2.27. The van der Waals surface area contributed by atoms with Gasteiger partial charge < -0.3 is 10.4 Å². The quantitative estimate of drug-likeness (QED) is 0.849. The number of rotatable bonds is 6. The van der Waals surface area contributed by atoms with Gasteiger partial charge in [-0.25, -0.2) is 0 Å². The summed E-state index contributed by atoms with van der Waals surface area (Å²) in [4.78, 5) is 0. The van der Waals surface area contributed by atoms with Crippen molar-refractivity contribution in [2.75, 3.05) is 6.54 Å². The summed E-state index contributed by atoms with van der Waals surface area (Å²) in [5.74, 6) is 0. The first-order valence-corrected chi connectivity index (χ1v) is 7.95. The van der Waals surface area contributed by atoms with Gasteiger partial charge in [0.05, 0.1) is 6.10 Å². The molecule has 0 aliphatic rings. The second-order valence-electron chi connectivity index (χ2n) is 5.79. The summed E-state index contributed by atoms with van der Waals surface area (Å²) in [7, 11) is 0. The average molecular weight is 289 g/mol. The Bertz CT molecular complexity index is 507. The van der Waals surface area contributed by atoms with Crippen molar-refractivity contribution in [2.24, 2.45) is 0 Å². The van der Waals surface area contributed by atoms with E-state index >= 15 is 0 Å². The minimum atomic E-state index is -0.435. The van der Waals surface area contributed by atoms with Gasteiger partial charge in [0.15, 0.2) is 0 Å². The summed E-state index contributed by atoms with van der Waals surface area (Å²) >= 11 is 1.62. The van der Waals surface area contributed by atoms with Crippen molar-refractivity contribution in [1.29, 1.82) is 0 Å².